The largest absolute Gasteiger partial charge is 0.453 e. The molecule has 0 saturated carbocycles. The van der Waals surface area contributed by atoms with Gasteiger partial charge in [0.2, 0.25) is 0 Å². The Hall–Kier alpha value is -2.49. The maximum absolute atomic E-state index is 10.9. The van der Waals surface area contributed by atoms with Crippen molar-refractivity contribution in [3.8, 4) is 11.5 Å². The molecule has 0 radical (unpaired) electrons. The van der Waals surface area contributed by atoms with E-state index >= 15 is 0 Å². The normalized spacial score (nSPS) is 12.3. The summed E-state index contributed by atoms with van der Waals surface area (Å²) in [5.74, 6) is 1.46. The van der Waals surface area contributed by atoms with Crippen molar-refractivity contribution >= 4 is 23.3 Å². The van der Waals surface area contributed by atoms with E-state index < -0.39 is 0 Å². The summed E-state index contributed by atoms with van der Waals surface area (Å²) in [5.41, 5.74) is 8.13. The number of anilines is 3. The summed E-state index contributed by atoms with van der Waals surface area (Å²) in [6.07, 6.45) is 0.870. The van der Waals surface area contributed by atoms with Crippen LogP contribution in [0.2, 0.25) is 0 Å². The van der Waals surface area contributed by atoms with Crippen molar-refractivity contribution in [2.45, 2.75) is 0 Å². The predicted octanol–water partition coefficient (Wildman–Crippen LogP) is 2.71. The first kappa shape index (κ1) is 10.7. The fourth-order valence-electron chi connectivity index (χ4n) is 2.12. The van der Waals surface area contributed by atoms with E-state index in [1.165, 1.54) is 0 Å². The quantitative estimate of drug-likeness (QED) is 0.647. The lowest BCUT2D eigenvalue weighted by atomic mass is 10.1. The predicted molar refractivity (Wildman–Crippen MR) is 70.4 cm³/mol. The molecule has 0 atom stereocenters. The number of nitrogen functional groups attached to an aromatic ring is 1. The Kier molecular flexibility index (Phi) is 2.41. The molecule has 0 spiro atoms. The van der Waals surface area contributed by atoms with Gasteiger partial charge >= 0.3 is 0 Å². The first-order valence-electron chi connectivity index (χ1n) is 5.67. The van der Waals surface area contributed by atoms with Crippen LogP contribution in [0.15, 0.2) is 42.5 Å². The van der Waals surface area contributed by atoms with Gasteiger partial charge in [-0.05, 0) is 30.3 Å². The van der Waals surface area contributed by atoms with E-state index in [1.54, 1.807) is 6.07 Å². The molecule has 18 heavy (non-hydrogen) atoms. The highest BCUT2D eigenvalue weighted by Gasteiger charge is 2.23. The number of rotatable bonds is 2. The summed E-state index contributed by atoms with van der Waals surface area (Å²) >= 11 is 0. The number of ether oxygens (including phenoxy) is 1. The minimum atomic E-state index is 0.275. The van der Waals surface area contributed by atoms with Gasteiger partial charge in [-0.25, -0.2) is 0 Å². The lowest BCUT2D eigenvalue weighted by Gasteiger charge is -2.31. The Morgan fingerprint density at radius 3 is 2.72 bits per heavy atom. The highest BCUT2D eigenvalue weighted by atomic mass is 16.5. The SMILES string of the molecule is Nc1ccc2c(c1)N(CC=O)c1ccccc1O2. The first-order valence-corrected chi connectivity index (χ1v) is 5.67. The summed E-state index contributed by atoms with van der Waals surface area (Å²) in [4.78, 5) is 12.8. The van der Waals surface area contributed by atoms with Crippen LogP contribution < -0.4 is 15.4 Å². The zero-order valence-electron chi connectivity index (χ0n) is 9.67. The zero-order chi connectivity index (χ0) is 12.5. The zero-order valence-corrected chi connectivity index (χ0v) is 9.67. The second-order valence-electron chi connectivity index (χ2n) is 4.07. The molecule has 2 aromatic carbocycles. The van der Waals surface area contributed by atoms with Crippen LogP contribution in [0.25, 0.3) is 0 Å². The van der Waals surface area contributed by atoms with Gasteiger partial charge in [0.15, 0.2) is 11.5 Å². The molecule has 0 unspecified atom stereocenters. The van der Waals surface area contributed by atoms with E-state index in [2.05, 4.69) is 0 Å². The highest BCUT2D eigenvalue weighted by molar-refractivity contribution is 5.82. The minimum Gasteiger partial charge on any atom is -0.453 e. The lowest BCUT2D eigenvalue weighted by molar-refractivity contribution is -0.106. The smallest absolute Gasteiger partial charge is 0.151 e. The van der Waals surface area contributed by atoms with Crippen molar-refractivity contribution in [2.24, 2.45) is 0 Å². The van der Waals surface area contributed by atoms with Gasteiger partial charge in [0, 0.05) is 5.69 Å². The van der Waals surface area contributed by atoms with Gasteiger partial charge < -0.3 is 20.2 Å². The van der Waals surface area contributed by atoms with Crippen molar-refractivity contribution in [3.05, 3.63) is 42.5 Å². The molecule has 0 bridgehead atoms. The number of fused-ring (bicyclic) bond motifs is 2. The third-order valence-electron chi connectivity index (χ3n) is 2.91. The molecule has 2 aromatic rings. The molecule has 0 fully saturated rings. The van der Waals surface area contributed by atoms with E-state index in [-0.39, 0.29) is 6.54 Å². The Balaban J connectivity index is 2.17. The van der Waals surface area contributed by atoms with Crippen molar-refractivity contribution in [1.82, 2.24) is 0 Å². The van der Waals surface area contributed by atoms with E-state index in [4.69, 9.17) is 10.5 Å². The number of carbonyl (C=O) groups excluding carboxylic acids is 1. The highest BCUT2D eigenvalue weighted by Crippen LogP contribution is 2.46. The number of nitrogens with two attached hydrogens (primary N) is 1. The van der Waals surface area contributed by atoms with Crippen LogP contribution in [0, 0.1) is 0 Å². The van der Waals surface area contributed by atoms with Crippen LogP contribution in [0.3, 0.4) is 0 Å². The standard InChI is InChI=1S/C14H12N2O2/c15-10-5-6-14-12(9-10)16(7-8-17)11-3-1-2-4-13(11)18-14/h1-6,8-9H,7,15H2. The molecule has 0 aromatic heterocycles. The molecule has 90 valence electrons. The van der Waals surface area contributed by atoms with Gasteiger partial charge in [0.1, 0.15) is 6.29 Å². The van der Waals surface area contributed by atoms with Crippen molar-refractivity contribution in [3.63, 3.8) is 0 Å². The maximum atomic E-state index is 10.9. The van der Waals surface area contributed by atoms with Gasteiger partial charge in [-0.15, -0.1) is 0 Å². The number of benzene rings is 2. The summed E-state index contributed by atoms with van der Waals surface area (Å²) < 4.78 is 5.80. The maximum Gasteiger partial charge on any atom is 0.151 e. The minimum absolute atomic E-state index is 0.275. The third-order valence-corrected chi connectivity index (χ3v) is 2.91. The molecule has 0 aliphatic carbocycles. The molecule has 3 rings (SSSR count). The monoisotopic (exact) mass is 240 g/mol. The Morgan fingerprint density at radius 2 is 1.89 bits per heavy atom. The summed E-state index contributed by atoms with van der Waals surface area (Å²) in [5, 5.41) is 0. The topological polar surface area (TPSA) is 55.6 Å². The molecular formula is C14H12N2O2. The Labute approximate surface area is 105 Å². The molecule has 4 heteroatoms. The summed E-state index contributed by atoms with van der Waals surface area (Å²) in [6.45, 7) is 0.275. The molecule has 4 nitrogen and oxygen atoms in total. The first-order chi connectivity index (χ1) is 8.79. The van der Waals surface area contributed by atoms with Gasteiger partial charge in [0.25, 0.3) is 0 Å². The number of para-hydroxylation sites is 2. The lowest BCUT2D eigenvalue weighted by Crippen LogP contribution is -2.23. The number of hydrogen-bond acceptors (Lipinski definition) is 4. The van der Waals surface area contributed by atoms with E-state index in [9.17, 15) is 4.79 Å². The Bertz CT molecular complexity index is 610. The summed E-state index contributed by atoms with van der Waals surface area (Å²) in [6, 6.07) is 13.0. The van der Waals surface area contributed by atoms with Crippen molar-refractivity contribution in [1.29, 1.82) is 0 Å². The van der Waals surface area contributed by atoms with Crippen LogP contribution in [-0.2, 0) is 4.79 Å². The second kappa shape index (κ2) is 4.07. The van der Waals surface area contributed by atoms with Crippen LogP contribution in [0.1, 0.15) is 0 Å². The molecule has 0 saturated heterocycles. The number of nitrogens with zero attached hydrogens (tertiary/aromatic N) is 1. The van der Waals surface area contributed by atoms with Crippen LogP contribution >= 0.6 is 0 Å². The molecule has 1 aliphatic rings. The average molecular weight is 240 g/mol. The van der Waals surface area contributed by atoms with Gasteiger partial charge in [-0.1, -0.05) is 12.1 Å². The number of aldehydes is 1. The molecule has 1 heterocycles. The van der Waals surface area contributed by atoms with Crippen molar-refractivity contribution in [2.75, 3.05) is 17.2 Å². The number of carbonyl (C=O) groups is 1. The third kappa shape index (κ3) is 1.59. The second-order valence-corrected chi connectivity index (χ2v) is 4.07. The average Bonchev–Trinajstić information content (AvgIpc) is 2.39. The summed E-state index contributed by atoms with van der Waals surface area (Å²) in [7, 11) is 0. The van der Waals surface area contributed by atoms with Crippen LogP contribution in [0.4, 0.5) is 17.1 Å². The molecular weight excluding hydrogens is 228 g/mol. The van der Waals surface area contributed by atoms with Crippen molar-refractivity contribution < 1.29 is 9.53 Å². The van der Waals surface area contributed by atoms with Crippen LogP contribution in [-0.4, -0.2) is 12.8 Å². The van der Waals surface area contributed by atoms with Gasteiger partial charge in [-0.2, -0.15) is 0 Å². The van der Waals surface area contributed by atoms with E-state index in [1.807, 2.05) is 41.3 Å². The number of hydrogen-bond donors (Lipinski definition) is 1. The van der Waals surface area contributed by atoms with E-state index in [0.717, 1.165) is 23.4 Å². The van der Waals surface area contributed by atoms with Gasteiger partial charge in [-0.3, -0.25) is 0 Å². The van der Waals surface area contributed by atoms with E-state index in [0.29, 0.717) is 11.4 Å². The fourth-order valence-corrected chi connectivity index (χ4v) is 2.12. The Morgan fingerprint density at radius 1 is 1.11 bits per heavy atom. The molecule has 0 amide bonds. The fraction of sp³-hybridized carbons (Fsp3) is 0.0714. The molecule has 1 aliphatic heterocycles. The molecule has 2 N–H and O–H groups in total. The van der Waals surface area contributed by atoms with Crippen LogP contribution in [0.5, 0.6) is 11.5 Å². The van der Waals surface area contributed by atoms with Gasteiger partial charge in [0.05, 0.1) is 17.9 Å².